The minimum atomic E-state index is -0.809. The number of alkyl halides is 1. The Hall–Kier alpha value is -0.440. The summed E-state index contributed by atoms with van der Waals surface area (Å²) < 4.78 is 0. The van der Waals surface area contributed by atoms with Crippen LogP contribution >= 0.6 is 34.8 Å². The second kappa shape index (κ2) is 5.59. The molecule has 2 nitrogen and oxygen atoms in total. The van der Waals surface area contributed by atoms with Gasteiger partial charge in [0.2, 0.25) is 5.91 Å². The van der Waals surface area contributed by atoms with Gasteiger partial charge in [-0.3, -0.25) is 4.79 Å². The van der Waals surface area contributed by atoms with Crippen LogP contribution in [-0.2, 0) is 4.79 Å². The van der Waals surface area contributed by atoms with Gasteiger partial charge in [-0.2, -0.15) is 0 Å². The number of halogens is 3. The lowest BCUT2D eigenvalue weighted by Gasteiger charge is -2.11. The van der Waals surface area contributed by atoms with Gasteiger partial charge in [-0.1, -0.05) is 35.3 Å². The first kappa shape index (κ1) is 12.6. The van der Waals surface area contributed by atoms with Crippen LogP contribution in [0.1, 0.15) is 17.9 Å². The summed E-state index contributed by atoms with van der Waals surface area (Å²) >= 11 is 17.7. The fourth-order valence-electron chi connectivity index (χ4n) is 1.12. The van der Waals surface area contributed by atoms with Crippen LogP contribution in [0.4, 0.5) is 0 Å². The maximum atomic E-state index is 11.5. The topological polar surface area (TPSA) is 29.1 Å². The van der Waals surface area contributed by atoms with Gasteiger partial charge >= 0.3 is 0 Å². The molecule has 0 aliphatic carbocycles. The van der Waals surface area contributed by atoms with Crippen LogP contribution in [0.15, 0.2) is 18.2 Å². The second-order valence-corrected chi connectivity index (χ2v) is 4.12. The maximum absolute atomic E-state index is 11.5. The van der Waals surface area contributed by atoms with Crippen LogP contribution in [0.25, 0.3) is 0 Å². The molecule has 0 bridgehead atoms. The second-order valence-electron chi connectivity index (χ2n) is 2.90. The van der Waals surface area contributed by atoms with Crippen molar-refractivity contribution in [2.24, 2.45) is 0 Å². The summed E-state index contributed by atoms with van der Waals surface area (Å²) in [6.45, 7) is 2.35. The Morgan fingerprint density at radius 3 is 2.73 bits per heavy atom. The molecule has 1 aromatic rings. The molecule has 0 saturated heterocycles. The van der Waals surface area contributed by atoms with Gasteiger partial charge in [-0.15, -0.1) is 11.6 Å². The first-order valence-electron chi connectivity index (χ1n) is 4.43. The lowest BCUT2D eigenvalue weighted by molar-refractivity contribution is -0.120. The first-order chi connectivity index (χ1) is 7.07. The molecule has 0 saturated carbocycles. The fraction of sp³-hybridized carbons (Fsp3) is 0.300. The molecular weight excluding hydrogens is 256 g/mol. The fourth-order valence-corrected chi connectivity index (χ4v) is 1.85. The third kappa shape index (κ3) is 3.00. The van der Waals surface area contributed by atoms with E-state index in [9.17, 15) is 4.79 Å². The molecule has 15 heavy (non-hydrogen) atoms. The Morgan fingerprint density at radius 2 is 2.13 bits per heavy atom. The molecule has 0 aliphatic heterocycles. The SMILES string of the molecule is CCNC(=O)C(Cl)c1cccc(Cl)c1Cl. The number of amides is 1. The average molecular weight is 267 g/mol. The standard InChI is InChI=1S/C10H10Cl3NO/c1-2-14-10(15)9(13)6-4-3-5-7(11)8(6)12/h3-5,9H,2H2,1H3,(H,14,15). The molecule has 1 amide bonds. The molecule has 0 fully saturated rings. The Bertz CT molecular complexity index is 368. The normalized spacial score (nSPS) is 12.3. The van der Waals surface area contributed by atoms with Crippen LogP contribution < -0.4 is 5.32 Å². The van der Waals surface area contributed by atoms with Crippen LogP contribution in [0.3, 0.4) is 0 Å². The molecule has 5 heteroatoms. The molecule has 0 spiro atoms. The van der Waals surface area contributed by atoms with Gasteiger partial charge < -0.3 is 5.32 Å². The summed E-state index contributed by atoms with van der Waals surface area (Å²) in [6.07, 6.45) is 0. The number of rotatable bonds is 3. The van der Waals surface area contributed by atoms with Crippen molar-refractivity contribution < 1.29 is 4.79 Å². The molecule has 1 N–H and O–H groups in total. The number of carbonyl (C=O) groups excluding carboxylic acids is 1. The number of carbonyl (C=O) groups is 1. The van der Waals surface area contributed by atoms with E-state index in [1.807, 2.05) is 6.92 Å². The lowest BCUT2D eigenvalue weighted by atomic mass is 10.1. The van der Waals surface area contributed by atoms with Crippen molar-refractivity contribution in [3.63, 3.8) is 0 Å². The number of benzene rings is 1. The summed E-state index contributed by atoms with van der Waals surface area (Å²) in [5.41, 5.74) is 0.525. The molecule has 1 rings (SSSR count). The van der Waals surface area contributed by atoms with Gasteiger partial charge in [-0.05, 0) is 18.6 Å². The number of hydrogen-bond acceptors (Lipinski definition) is 1. The van der Waals surface area contributed by atoms with Crippen LogP contribution in [0.2, 0.25) is 10.0 Å². The molecule has 1 aromatic carbocycles. The largest absolute Gasteiger partial charge is 0.355 e. The zero-order valence-corrected chi connectivity index (χ0v) is 10.3. The van der Waals surface area contributed by atoms with Gasteiger partial charge in [0.05, 0.1) is 10.0 Å². The third-order valence-corrected chi connectivity index (χ3v) is 3.10. The van der Waals surface area contributed by atoms with Crippen molar-refractivity contribution in [1.82, 2.24) is 5.32 Å². The van der Waals surface area contributed by atoms with E-state index < -0.39 is 5.38 Å². The summed E-state index contributed by atoms with van der Waals surface area (Å²) in [6, 6.07) is 5.04. The van der Waals surface area contributed by atoms with Crippen LogP contribution in [0.5, 0.6) is 0 Å². The minimum Gasteiger partial charge on any atom is -0.355 e. The summed E-state index contributed by atoms with van der Waals surface area (Å²) in [7, 11) is 0. The van der Waals surface area contributed by atoms with Crippen molar-refractivity contribution >= 4 is 40.7 Å². The minimum absolute atomic E-state index is 0.275. The Labute approximate surface area is 104 Å². The van der Waals surface area contributed by atoms with Crippen LogP contribution in [0, 0.1) is 0 Å². The first-order valence-corrected chi connectivity index (χ1v) is 5.62. The molecule has 0 aliphatic rings. The Balaban J connectivity index is 2.96. The summed E-state index contributed by atoms with van der Waals surface area (Å²) in [5, 5.41) is 2.53. The van der Waals surface area contributed by atoms with Gasteiger partial charge in [0.1, 0.15) is 5.38 Å². The molecule has 0 aromatic heterocycles. The maximum Gasteiger partial charge on any atom is 0.242 e. The number of hydrogen-bond donors (Lipinski definition) is 1. The van der Waals surface area contributed by atoms with E-state index in [1.54, 1.807) is 18.2 Å². The average Bonchev–Trinajstić information content (AvgIpc) is 2.21. The zero-order valence-electron chi connectivity index (χ0n) is 8.06. The molecule has 0 radical (unpaired) electrons. The zero-order chi connectivity index (χ0) is 11.4. The Kier molecular flexibility index (Phi) is 4.71. The highest BCUT2D eigenvalue weighted by molar-refractivity contribution is 6.43. The number of likely N-dealkylation sites (N-methyl/N-ethyl adjacent to an activating group) is 1. The highest BCUT2D eigenvalue weighted by Gasteiger charge is 2.20. The van der Waals surface area contributed by atoms with Gasteiger partial charge in [-0.25, -0.2) is 0 Å². The predicted molar refractivity (Wildman–Crippen MR) is 63.7 cm³/mol. The third-order valence-electron chi connectivity index (χ3n) is 1.84. The molecule has 1 atom stereocenters. The van der Waals surface area contributed by atoms with E-state index in [0.29, 0.717) is 22.2 Å². The van der Waals surface area contributed by atoms with Crippen molar-refractivity contribution in [1.29, 1.82) is 0 Å². The van der Waals surface area contributed by atoms with E-state index in [0.717, 1.165) is 0 Å². The molecule has 1 unspecified atom stereocenters. The lowest BCUT2D eigenvalue weighted by Crippen LogP contribution is -2.26. The highest BCUT2D eigenvalue weighted by Crippen LogP contribution is 2.32. The molecule has 82 valence electrons. The summed E-state index contributed by atoms with van der Waals surface area (Å²) in [4.78, 5) is 11.5. The number of nitrogens with one attached hydrogen (secondary N) is 1. The van der Waals surface area contributed by atoms with E-state index >= 15 is 0 Å². The van der Waals surface area contributed by atoms with E-state index in [1.165, 1.54) is 0 Å². The van der Waals surface area contributed by atoms with Gasteiger partial charge in [0.25, 0.3) is 0 Å². The highest BCUT2D eigenvalue weighted by atomic mass is 35.5. The van der Waals surface area contributed by atoms with E-state index in [-0.39, 0.29) is 5.91 Å². The van der Waals surface area contributed by atoms with Gasteiger partial charge in [0.15, 0.2) is 0 Å². The Morgan fingerprint density at radius 1 is 1.47 bits per heavy atom. The van der Waals surface area contributed by atoms with E-state index in [4.69, 9.17) is 34.8 Å². The molecular formula is C10H10Cl3NO. The van der Waals surface area contributed by atoms with Crippen molar-refractivity contribution in [3.05, 3.63) is 33.8 Å². The van der Waals surface area contributed by atoms with Crippen LogP contribution in [-0.4, -0.2) is 12.5 Å². The smallest absolute Gasteiger partial charge is 0.242 e. The van der Waals surface area contributed by atoms with Gasteiger partial charge in [0, 0.05) is 6.54 Å². The van der Waals surface area contributed by atoms with E-state index in [2.05, 4.69) is 5.32 Å². The predicted octanol–water partition coefficient (Wildman–Crippen LogP) is 3.41. The summed E-state index contributed by atoms with van der Waals surface area (Å²) in [5.74, 6) is -0.275. The van der Waals surface area contributed by atoms with Crippen molar-refractivity contribution in [2.75, 3.05) is 6.54 Å². The van der Waals surface area contributed by atoms with Crippen molar-refractivity contribution in [2.45, 2.75) is 12.3 Å². The molecule has 0 heterocycles. The quantitative estimate of drug-likeness (QED) is 0.835. The monoisotopic (exact) mass is 265 g/mol. The van der Waals surface area contributed by atoms with Crippen molar-refractivity contribution in [3.8, 4) is 0 Å².